The molecule has 4 aliphatic heterocycles. The Morgan fingerprint density at radius 2 is 1.90 bits per heavy atom. The van der Waals surface area contributed by atoms with Crippen LogP contribution in [0.15, 0.2) is 36.4 Å². The van der Waals surface area contributed by atoms with Crippen LogP contribution in [-0.4, -0.2) is 101 Å². The molecule has 2 unspecified atom stereocenters. The Balaban J connectivity index is 1.04. The van der Waals surface area contributed by atoms with Gasteiger partial charge >= 0.3 is 12.1 Å². The molecule has 4 fully saturated rings. The zero-order valence-electron chi connectivity index (χ0n) is 28.6. The number of amides is 1. The quantitative estimate of drug-likeness (QED) is 0.359. The number of hydrogen-bond donors (Lipinski definition) is 1. The smallest absolute Gasteiger partial charge is 0.410 e. The molecule has 2 aromatic carbocycles. The van der Waals surface area contributed by atoms with Crippen molar-refractivity contribution in [3.8, 4) is 12.1 Å². The number of fused-ring (bicyclic) bond motifs is 4. The summed E-state index contributed by atoms with van der Waals surface area (Å²) in [5.74, 6) is 0.929. The predicted molar refractivity (Wildman–Crippen MR) is 189 cm³/mol. The number of anilines is 2. The van der Waals surface area contributed by atoms with Crippen molar-refractivity contribution in [3.63, 3.8) is 0 Å². The number of likely N-dealkylation sites (tertiary alicyclic amines) is 2. The van der Waals surface area contributed by atoms with Crippen molar-refractivity contribution in [1.29, 1.82) is 5.26 Å². The van der Waals surface area contributed by atoms with Crippen molar-refractivity contribution in [1.82, 2.24) is 25.1 Å². The lowest BCUT2D eigenvalue weighted by atomic mass is 10.0. The molecule has 1 N–H and O–H groups in total. The van der Waals surface area contributed by atoms with E-state index in [1.54, 1.807) is 0 Å². The molecule has 12 heteroatoms. The number of carbonyl (C=O) groups is 1. The van der Waals surface area contributed by atoms with E-state index >= 15 is 0 Å². The minimum Gasteiger partial charge on any atom is -0.461 e. The van der Waals surface area contributed by atoms with Gasteiger partial charge in [0.25, 0.3) is 0 Å². The van der Waals surface area contributed by atoms with Crippen LogP contribution >= 0.6 is 11.6 Å². The lowest BCUT2D eigenvalue weighted by Gasteiger charge is -2.39. The molecule has 5 aliphatic rings. The SMILES string of the molecule is CC(C)(C)OC(=O)N1CC2CC1CN2C1(COc2nc3c(c(N4CCN[C@@H](CC#N)C4)n2)CCN(c2cccc4cccc(Cl)c24)C3)CC1. The number of nitrogens with zero attached hydrogens (tertiary/aromatic N) is 7. The molecule has 8 rings (SSSR count). The first-order valence-corrected chi connectivity index (χ1v) is 18.0. The number of nitrogens with one attached hydrogen (secondary N) is 1. The van der Waals surface area contributed by atoms with Crippen LogP contribution in [0.25, 0.3) is 10.8 Å². The van der Waals surface area contributed by atoms with E-state index in [0.29, 0.717) is 44.7 Å². The molecule has 5 heterocycles. The molecule has 3 aromatic rings. The second-order valence-corrected chi connectivity index (χ2v) is 15.7. The van der Waals surface area contributed by atoms with Crippen molar-refractivity contribution in [2.75, 3.05) is 55.7 Å². The number of ether oxygens (including phenoxy) is 2. The number of benzene rings is 2. The van der Waals surface area contributed by atoms with Gasteiger partial charge in [0, 0.05) is 74.0 Å². The number of nitriles is 1. The van der Waals surface area contributed by atoms with Gasteiger partial charge in [0.15, 0.2) is 0 Å². The highest BCUT2D eigenvalue weighted by Crippen LogP contribution is 2.49. The van der Waals surface area contributed by atoms with Gasteiger partial charge in [-0.1, -0.05) is 35.9 Å². The Kier molecular flexibility index (Phi) is 8.24. The fraction of sp³-hybridized carbons (Fsp3) is 0.568. The van der Waals surface area contributed by atoms with Crippen LogP contribution in [0.4, 0.5) is 16.3 Å². The van der Waals surface area contributed by atoms with Gasteiger partial charge in [0.1, 0.15) is 18.0 Å². The van der Waals surface area contributed by atoms with E-state index in [1.807, 2.05) is 37.8 Å². The lowest BCUT2D eigenvalue weighted by molar-refractivity contribution is 0.00313. The molecule has 1 aromatic heterocycles. The van der Waals surface area contributed by atoms with E-state index < -0.39 is 5.60 Å². The summed E-state index contributed by atoms with van der Waals surface area (Å²) in [6.45, 7) is 11.6. The van der Waals surface area contributed by atoms with Crippen LogP contribution in [0.2, 0.25) is 5.02 Å². The monoisotopic (exact) mass is 684 g/mol. The maximum Gasteiger partial charge on any atom is 0.410 e. The van der Waals surface area contributed by atoms with E-state index in [2.05, 4.69) is 50.4 Å². The largest absolute Gasteiger partial charge is 0.461 e. The second kappa shape index (κ2) is 12.5. The molecular formula is C37H45ClN8O3. The maximum atomic E-state index is 12.9. The molecule has 0 radical (unpaired) electrons. The standard InChI is InChI=1S/C37H45ClN8O3/c1-36(2,3)49-35(47)45-20-27-18-26(45)21-46(27)37(12-13-37)23-48-34-41-30-22-43(31-9-5-7-24-6-4-8-29(38)32(24)31)16-11-28(30)33(42-34)44-17-15-40-25(19-44)10-14-39/h4-9,25-27,40H,10-13,15-23H2,1-3H3/t25-,26?,27?/m0/s1. The van der Waals surface area contributed by atoms with E-state index in [4.69, 9.17) is 31.0 Å². The van der Waals surface area contributed by atoms with Gasteiger partial charge in [0.05, 0.1) is 35.3 Å². The first-order valence-electron chi connectivity index (χ1n) is 17.7. The normalized spacial score (nSPS) is 24.6. The molecule has 3 atom stereocenters. The highest BCUT2D eigenvalue weighted by Gasteiger charge is 2.58. The molecule has 2 bridgehead atoms. The fourth-order valence-electron chi connectivity index (χ4n) is 8.37. The van der Waals surface area contributed by atoms with Crippen molar-refractivity contribution < 1.29 is 14.3 Å². The second-order valence-electron chi connectivity index (χ2n) is 15.3. The summed E-state index contributed by atoms with van der Waals surface area (Å²) >= 11 is 6.75. The van der Waals surface area contributed by atoms with Crippen molar-refractivity contribution >= 4 is 40.0 Å². The molecule has 1 amide bonds. The number of rotatable bonds is 7. The van der Waals surface area contributed by atoms with Gasteiger partial charge in [-0.2, -0.15) is 15.2 Å². The van der Waals surface area contributed by atoms with Crippen LogP contribution in [0, 0.1) is 11.3 Å². The van der Waals surface area contributed by atoms with Crippen LogP contribution in [0.3, 0.4) is 0 Å². The summed E-state index contributed by atoms with van der Waals surface area (Å²) in [5, 5.41) is 15.8. The van der Waals surface area contributed by atoms with Crippen molar-refractivity contribution in [2.24, 2.45) is 0 Å². The topological polar surface area (TPSA) is 110 Å². The highest BCUT2D eigenvalue weighted by atomic mass is 35.5. The number of halogens is 1. The molecule has 1 saturated carbocycles. The van der Waals surface area contributed by atoms with E-state index in [9.17, 15) is 10.1 Å². The third-order valence-electron chi connectivity index (χ3n) is 10.9. The Bertz CT molecular complexity index is 1800. The number of aromatic nitrogens is 2. The zero-order valence-corrected chi connectivity index (χ0v) is 29.4. The van der Waals surface area contributed by atoms with Crippen molar-refractivity contribution in [3.05, 3.63) is 52.7 Å². The summed E-state index contributed by atoms with van der Waals surface area (Å²) in [7, 11) is 0. The molecule has 3 saturated heterocycles. The fourth-order valence-corrected chi connectivity index (χ4v) is 8.65. The van der Waals surface area contributed by atoms with E-state index in [1.165, 1.54) is 0 Å². The van der Waals surface area contributed by atoms with E-state index in [-0.39, 0.29) is 23.7 Å². The number of hydrogen-bond acceptors (Lipinski definition) is 10. The lowest BCUT2D eigenvalue weighted by Crippen LogP contribution is -2.55. The van der Waals surface area contributed by atoms with Crippen LogP contribution < -0.4 is 19.9 Å². The zero-order chi connectivity index (χ0) is 33.9. The summed E-state index contributed by atoms with van der Waals surface area (Å²) in [4.78, 5) is 32.2. The van der Waals surface area contributed by atoms with Gasteiger partial charge in [-0.25, -0.2) is 4.79 Å². The van der Waals surface area contributed by atoms with E-state index in [0.717, 1.165) is 90.4 Å². The average molecular weight is 685 g/mol. The minimum absolute atomic E-state index is 0.0580. The third-order valence-corrected chi connectivity index (χ3v) is 11.2. The number of piperazine rings is 2. The summed E-state index contributed by atoms with van der Waals surface area (Å²) in [6.07, 6.45) is 4.14. The summed E-state index contributed by atoms with van der Waals surface area (Å²) < 4.78 is 12.3. The molecule has 11 nitrogen and oxygen atoms in total. The van der Waals surface area contributed by atoms with Gasteiger partial charge in [-0.15, -0.1) is 0 Å². The van der Waals surface area contributed by atoms with Gasteiger partial charge in [0.2, 0.25) is 0 Å². The molecule has 49 heavy (non-hydrogen) atoms. The van der Waals surface area contributed by atoms with Crippen LogP contribution in [0.1, 0.15) is 57.7 Å². The Morgan fingerprint density at radius 3 is 2.63 bits per heavy atom. The summed E-state index contributed by atoms with van der Waals surface area (Å²) in [6, 6.07) is 15.7. The first-order chi connectivity index (χ1) is 23.6. The van der Waals surface area contributed by atoms with Gasteiger partial charge < -0.3 is 29.5 Å². The molecule has 0 spiro atoms. The molecular weight excluding hydrogens is 640 g/mol. The Hall–Kier alpha value is -3.85. The molecule has 1 aliphatic carbocycles. The maximum absolute atomic E-state index is 12.9. The van der Waals surface area contributed by atoms with Gasteiger partial charge in [-0.3, -0.25) is 4.90 Å². The van der Waals surface area contributed by atoms with Crippen LogP contribution in [-0.2, 0) is 17.7 Å². The molecule has 258 valence electrons. The Labute approximate surface area is 293 Å². The first kappa shape index (κ1) is 32.4. The highest BCUT2D eigenvalue weighted by molar-refractivity contribution is 6.36. The average Bonchev–Trinajstić information content (AvgIpc) is 3.58. The number of carbonyl (C=O) groups excluding carboxylic acids is 1. The van der Waals surface area contributed by atoms with Gasteiger partial charge in [-0.05, 0) is 64.0 Å². The predicted octanol–water partition coefficient (Wildman–Crippen LogP) is 5.14. The minimum atomic E-state index is -0.502. The van der Waals surface area contributed by atoms with Crippen molar-refractivity contribution in [2.45, 2.75) is 88.7 Å². The summed E-state index contributed by atoms with van der Waals surface area (Å²) in [5.41, 5.74) is 2.68. The Morgan fingerprint density at radius 1 is 1.08 bits per heavy atom. The third kappa shape index (κ3) is 6.24. The van der Waals surface area contributed by atoms with Crippen LogP contribution in [0.5, 0.6) is 6.01 Å².